The second-order valence-electron chi connectivity index (χ2n) is 5.69. The topological polar surface area (TPSA) is 39.1 Å². The molecule has 0 atom stereocenters. The van der Waals surface area contributed by atoms with Gasteiger partial charge < -0.3 is 9.80 Å². The summed E-state index contributed by atoms with van der Waals surface area (Å²) >= 11 is 0. The summed E-state index contributed by atoms with van der Waals surface area (Å²) in [5.41, 5.74) is 0.144. The molecule has 0 saturated carbocycles. The molecule has 1 saturated heterocycles. The number of carbonyl (C=O) groups is 1. The maximum Gasteiger partial charge on any atom is 0.260 e. The third-order valence-electron chi connectivity index (χ3n) is 4.33. The summed E-state index contributed by atoms with van der Waals surface area (Å²) in [5.74, 6) is -1.65. The highest BCUT2D eigenvalue weighted by atomic mass is 19.2. The molecule has 0 radical (unpaired) electrons. The van der Waals surface area contributed by atoms with Crippen molar-refractivity contribution in [3.05, 3.63) is 35.4 Å². The van der Waals surface area contributed by atoms with Gasteiger partial charge in [0.15, 0.2) is 11.6 Å². The molecule has 1 aromatic rings. The minimum Gasteiger partial charge on any atom is -0.340 e. The van der Waals surface area contributed by atoms with Gasteiger partial charge in [-0.3, -0.25) is 14.7 Å². The Morgan fingerprint density at radius 1 is 1.13 bits per heavy atom. The summed E-state index contributed by atoms with van der Waals surface area (Å²) in [6, 6.07) is 3.24. The number of guanidine groups is 1. The van der Waals surface area contributed by atoms with Crippen LogP contribution >= 0.6 is 0 Å². The number of rotatable bonds is 2. The molecule has 1 aromatic carbocycles. The maximum absolute atomic E-state index is 13.4. The predicted molar refractivity (Wildman–Crippen MR) is 83.4 cm³/mol. The van der Waals surface area contributed by atoms with Crippen molar-refractivity contribution in [2.45, 2.75) is 6.92 Å². The Kier molecular flexibility index (Phi) is 4.56. The van der Waals surface area contributed by atoms with Gasteiger partial charge >= 0.3 is 0 Å². The molecule has 124 valence electrons. The standard InChI is InChI=1S/C16H20F2N4O/c1-2-20-7-9-21(10-8-20)16-19-5-6-22(16)15(23)12-3-4-13(17)14(18)11-12/h3-4,11H,2,5-10H2,1H3. The number of likely N-dealkylation sites (N-methyl/N-ethyl adjacent to an activating group) is 1. The summed E-state index contributed by atoms with van der Waals surface area (Å²) in [7, 11) is 0. The van der Waals surface area contributed by atoms with E-state index < -0.39 is 11.6 Å². The fourth-order valence-electron chi connectivity index (χ4n) is 2.95. The first-order valence-corrected chi connectivity index (χ1v) is 7.89. The van der Waals surface area contributed by atoms with E-state index in [-0.39, 0.29) is 11.5 Å². The monoisotopic (exact) mass is 322 g/mol. The van der Waals surface area contributed by atoms with E-state index in [1.165, 1.54) is 6.07 Å². The number of aliphatic imine (C=N–C) groups is 1. The first-order valence-electron chi connectivity index (χ1n) is 7.89. The zero-order valence-electron chi connectivity index (χ0n) is 13.1. The molecule has 0 N–H and O–H groups in total. The Balaban J connectivity index is 1.73. The average Bonchev–Trinajstić information content (AvgIpc) is 3.06. The molecule has 7 heteroatoms. The zero-order chi connectivity index (χ0) is 16.4. The number of hydrogen-bond donors (Lipinski definition) is 0. The van der Waals surface area contributed by atoms with Crippen molar-refractivity contribution in [2.24, 2.45) is 4.99 Å². The highest BCUT2D eigenvalue weighted by Crippen LogP contribution is 2.16. The van der Waals surface area contributed by atoms with Gasteiger partial charge in [-0.15, -0.1) is 0 Å². The quantitative estimate of drug-likeness (QED) is 0.826. The maximum atomic E-state index is 13.4. The van der Waals surface area contributed by atoms with Crippen molar-refractivity contribution >= 4 is 11.9 Å². The molecule has 0 spiro atoms. The number of halogens is 2. The first-order chi connectivity index (χ1) is 11.1. The van der Waals surface area contributed by atoms with E-state index in [1.807, 2.05) is 0 Å². The molecule has 2 aliphatic heterocycles. The second-order valence-corrected chi connectivity index (χ2v) is 5.69. The van der Waals surface area contributed by atoms with Crippen molar-refractivity contribution in [1.29, 1.82) is 0 Å². The lowest BCUT2D eigenvalue weighted by atomic mass is 10.2. The van der Waals surface area contributed by atoms with Gasteiger partial charge in [0, 0.05) is 38.3 Å². The summed E-state index contributed by atoms with van der Waals surface area (Å²) in [5, 5.41) is 0. The molecule has 0 unspecified atom stereocenters. The molecule has 1 amide bonds. The Bertz CT molecular complexity index is 627. The summed E-state index contributed by atoms with van der Waals surface area (Å²) in [4.78, 5) is 23.0. The van der Waals surface area contributed by atoms with E-state index in [0.29, 0.717) is 19.0 Å². The summed E-state index contributed by atoms with van der Waals surface area (Å²) < 4.78 is 26.4. The molecule has 5 nitrogen and oxygen atoms in total. The number of carbonyl (C=O) groups excluding carboxylic acids is 1. The van der Waals surface area contributed by atoms with E-state index in [9.17, 15) is 13.6 Å². The van der Waals surface area contributed by atoms with Gasteiger partial charge in [0.25, 0.3) is 5.91 Å². The lowest BCUT2D eigenvalue weighted by Gasteiger charge is -2.37. The minimum atomic E-state index is -1.01. The summed E-state index contributed by atoms with van der Waals surface area (Å²) in [6.07, 6.45) is 0. The Hall–Kier alpha value is -2.02. The normalized spacial score (nSPS) is 19.2. The molecule has 2 aliphatic rings. The minimum absolute atomic E-state index is 0.144. The van der Waals surface area contributed by atoms with Crippen LogP contribution in [0.2, 0.25) is 0 Å². The number of hydrogen-bond acceptors (Lipinski definition) is 4. The van der Waals surface area contributed by atoms with Gasteiger partial charge in [-0.05, 0) is 24.7 Å². The van der Waals surface area contributed by atoms with Crippen molar-refractivity contribution in [1.82, 2.24) is 14.7 Å². The Labute approximate surface area is 134 Å². The zero-order valence-corrected chi connectivity index (χ0v) is 13.1. The predicted octanol–water partition coefficient (Wildman–Crippen LogP) is 1.41. The smallest absolute Gasteiger partial charge is 0.260 e. The van der Waals surface area contributed by atoms with Crippen molar-refractivity contribution in [3.8, 4) is 0 Å². The molecular weight excluding hydrogens is 302 g/mol. The van der Waals surface area contributed by atoms with Crippen LogP contribution < -0.4 is 0 Å². The van der Waals surface area contributed by atoms with Crippen molar-refractivity contribution in [2.75, 3.05) is 45.8 Å². The first kappa shape index (κ1) is 15.9. The molecule has 23 heavy (non-hydrogen) atoms. The van der Waals surface area contributed by atoms with Crippen LogP contribution in [-0.4, -0.2) is 72.4 Å². The summed E-state index contributed by atoms with van der Waals surface area (Å²) in [6.45, 7) is 7.65. The fourth-order valence-corrected chi connectivity index (χ4v) is 2.95. The van der Waals surface area contributed by atoms with Gasteiger partial charge in [-0.2, -0.15) is 0 Å². The van der Waals surface area contributed by atoms with Crippen molar-refractivity contribution < 1.29 is 13.6 Å². The average molecular weight is 322 g/mol. The molecule has 2 heterocycles. The second kappa shape index (κ2) is 6.62. The van der Waals surface area contributed by atoms with E-state index in [1.54, 1.807) is 4.90 Å². The number of nitrogens with zero attached hydrogens (tertiary/aromatic N) is 4. The van der Waals surface area contributed by atoms with Crippen LogP contribution in [0.4, 0.5) is 8.78 Å². The van der Waals surface area contributed by atoms with Gasteiger partial charge in [-0.1, -0.05) is 6.92 Å². The number of benzene rings is 1. The van der Waals surface area contributed by atoms with Gasteiger partial charge in [0.2, 0.25) is 5.96 Å². The van der Waals surface area contributed by atoms with Gasteiger partial charge in [0.1, 0.15) is 0 Å². The van der Waals surface area contributed by atoms with Crippen LogP contribution in [0.3, 0.4) is 0 Å². The Morgan fingerprint density at radius 2 is 1.87 bits per heavy atom. The SMILES string of the molecule is CCN1CCN(C2=NCCN2C(=O)c2ccc(F)c(F)c2)CC1. The van der Waals surface area contributed by atoms with Crippen LogP contribution in [0, 0.1) is 11.6 Å². The highest BCUT2D eigenvalue weighted by molar-refractivity contribution is 6.06. The molecule has 0 aliphatic carbocycles. The van der Waals surface area contributed by atoms with Crippen LogP contribution in [-0.2, 0) is 0 Å². The highest BCUT2D eigenvalue weighted by Gasteiger charge is 2.30. The van der Waals surface area contributed by atoms with Crippen LogP contribution in [0.15, 0.2) is 23.2 Å². The van der Waals surface area contributed by atoms with E-state index >= 15 is 0 Å². The lowest BCUT2D eigenvalue weighted by Crippen LogP contribution is -2.53. The number of amides is 1. The third kappa shape index (κ3) is 3.19. The number of piperazine rings is 1. The molecule has 0 aromatic heterocycles. The largest absolute Gasteiger partial charge is 0.340 e. The van der Waals surface area contributed by atoms with Crippen LogP contribution in [0.25, 0.3) is 0 Å². The van der Waals surface area contributed by atoms with Gasteiger partial charge in [-0.25, -0.2) is 8.78 Å². The molecular formula is C16H20F2N4O. The van der Waals surface area contributed by atoms with Crippen LogP contribution in [0.5, 0.6) is 0 Å². The van der Waals surface area contributed by atoms with E-state index in [4.69, 9.17) is 0 Å². The fraction of sp³-hybridized carbons (Fsp3) is 0.500. The molecule has 0 bridgehead atoms. The van der Waals surface area contributed by atoms with E-state index in [0.717, 1.165) is 44.9 Å². The van der Waals surface area contributed by atoms with Crippen LogP contribution in [0.1, 0.15) is 17.3 Å². The molecule has 1 fully saturated rings. The van der Waals surface area contributed by atoms with Crippen molar-refractivity contribution in [3.63, 3.8) is 0 Å². The van der Waals surface area contributed by atoms with Gasteiger partial charge in [0.05, 0.1) is 6.54 Å². The third-order valence-corrected chi connectivity index (χ3v) is 4.33. The molecule has 3 rings (SSSR count). The lowest BCUT2D eigenvalue weighted by molar-refractivity contribution is 0.0833. The Morgan fingerprint density at radius 3 is 2.52 bits per heavy atom. The van der Waals surface area contributed by atoms with E-state index in [2.05, 4.69) is 21.7 Å².